The molecule has 0 bridgehead atoms. The molecule has 5 aromatic carbocycles. The van der Waals surface area contributed by atoms with E-state index in [1.54, 1.807) is 0 Å². The lowest BCUT2D eigenvalue weighted by Gasteiger charge is -2.21. The molecule has 0 saturated carbocycles. The Morgan fingerprint density at radius 1 is 0.562 bits per heavy atom. The first-order chi connectivity index (χ1) is 15.6. The number of nitrogens with zero attached hydrogens (tertiary/aromatic N) is 1. The van der Waals surface area contributed by atoms with Crippen molar-refractivity contribution in [2.75, 3.05) is 0 Å². The summed E-state index contributed by atoms with van der Waals surface area (Å²) in [6.07, 6.45) is 0. The van der Waals surface area contributed by atoms with Crippen LogP contribution in [0.2, 0.25) is 0 Å². The summed E-state index contributed by atoms with van der Waals surface area (Å²) in [6.45, 7) is 4.70. The molecule has 1 aliphatic rings. The lowest BCUT2D eigenvalue weighted by molar-refractivity contribution is 0.661. The molecule has 0 unspecified atom stereocenters. The van der Waals surface area contributed by atoms with E-state index in [1.165, 1.54) is 60.5 Å². The SMILES string of the molecule is CC1(C)c2ccccc2-c2c1ccc1ccc(-n3c4ccccc4c4ccccc43)cc21. The Hall–Kier alpha value is -3.84. The fourth-order valence-corrected chi connectivity index (χ4v) is 5.85. The highest BCUT2D eigenvalue weighted by atomic mass is 15.0. The molecule has 0 aliphatic heterocycles. The maximum absolute atomic E-state index is 2.41. The van der Waals surface area contributed by atoms with Crippen LogP contribution in [0.15, 0.2) is 103 Å². The van der Waals surface area contributed by atoms with Crippen molar-refractivity contribution in [1.82, 2.24) is 4.57 Å². The molecule has 1 nitrogen and oxygen atoms in total. The molecule has 32 heavy (non-hydrogen) atoms. The molecule has 0 spiro atoms. The first-order valence-corrected chi connectivity index (χ1v) is 11.3. The molecule has 6 aromatic rings. The van der Waals surface area contributed by atoms with E-state index in [1.807, 2.05) is 0 Å². The van der Waals surface area contributed by atoms with Crippen molar-refractivity contribution < 1.29 is 0 Å². The zero-order valence-corrected chi connectivity index (χ0v) is 18.3. The van der Waals surface area contributed by atoms with Gasteiger partial charge in [-0.25, -0.2) is 0 Å². The number of rotatable bonds is 1. The maximum Gasteiger partial charge on any atom is 0.0541 e. The van der Waals surface area contributed by atoms with Gasteiger partial charge in [-0.2, -0.15) is 0 Å². The van der Waals surface area contributed by atoms with E-state index < -0.39 is 0 Å². The molecule has 0 saturated heterocycles. The minimum atomic E-state index is 0.0168. The first kappa shape index (κ1) is 17.8. The van der Waals surface area contributed by atoms with Crippen molar-refractivity contribution in [2.45, 2.75) is 19.3 Å². The third-order valence-corrected chi connectivity index (χ3v) is 7.39. The highest BCUT2D eigenvalue weighted by Gasteiger charge is 2.36. The topological polar surface area (TPSA) is 4.93 Å². The normalized spacial score (nSPS) is 14.2. The number of aromatic nitrogens is 1. The average Bonchev–Trinajstić information content (AvgIpc) is 3.29. The van der Waals surface area contributed by atoms with Gasteiger partial charge >= 0.3 is 0 Å². The zero-order chi connectivity index (χ0) is 21.4. The number of para-hydroxylation sites is 2. The van der Waals surface area contributed by atoms with Crippen LogP contribution in [0.1, 0.15) is 25.0 Å². The predicted octanol–water partition coefficient (Wildman–Crippen LogP) is 8.24. The number of fused-ring (bicyclic) bond motifs is 8. The van der Waals surface area contributed by atoms with Crippen molar-refractivity contribution in [3.05, 3.63) is 114 Å². The highest BCUT2D eigenvalue weighted by Crippen LogP contribution is 2.51. The minimum Gasteiger partial charge on any atom is -0.309 e. The monoisotopic (exact) mass is 409 g/mol. The average molecular weight is 410 g/mol. The van der Waals surface area contributed by atoms with Crippen LogP contribution in [0.5, 0.6) is 0 Å². The van der Waals surface area contributed by atoms with Crippen LogP contribution in [0.3, 0.4) is 0 Å². The summed E-state index contributed by atoms with van der Waals surface area (Å²) < 4.78 is 2.41. The Labute approximate surface area is 187 Å². The Kier molecular flexibility index (Phi) is 3.40. The number of hydrogen-bond donors (Lipinski definition) is 0. The van der Waals surface area contributed by atoms with Gasteiger partial charge in [-0.05, 0) is 57.3 Å². The van der Waals surface area contributed by atoms with Crippen LogP contribution in [-0.2, 0) is 5.41 Å². The summed E-state index contributed by atoms with van der Waals surface area (Å²) in [4.78, 5) is 0. The van der Waals surface area contributed by atoms with Crippen LogP contribution in [0.25, 0.3) is 49.4 Å². The summed E-state index contributed by atoms with van der Waals surface area (Å²) in [7, 11) is 0. The van der Waals surface area contributed by atoms with Gasteiger partial charge in [0.15, 0.2) is 0 Å². The number of hydrogen-bond acceptors (Lipinski definition) is 0. The molecule has 0 radical (unpaired) electrons. The molecule has 0 amide bonds. The lowest BCUT2D eigenvalue weighted by atomic mass is 9.82. The molecular weight excluding hydrogens is 386 g/mol. The Morgan fingerprint density at radius 3 is 1.94 bits per heavy atom. The second-order valence-corrected chi connectivity index (χ2v) is 9.43. The molecular formula is C31H23N. The summed E-state index contributed by atoms with van der Waals surface area (Å²) >= 11 is 0. The summed E-state index contributed by atoms with van der Waals surface area (Å²) in [5.74, 6) is 0. The van der Waals surface area contributed by atoms with E-state index >= 15 is 0 Å². The fraction of sp³-hybridized carbons (Fsp3) is 0.0968. The zero-order valence-electron chi connectivity index (χ0n) is 18.3. The van der Waals surface area contributed by atoms with E-state index in [4.69, 9.17) is 0 Å². The van der Waals surface area contributed by atoms with Crippen LogP contribution in [0, 0.1) is 0 Å². The third kappa shape index (κ3) is 2.18. The fourth-order valence-electron chi connectivity index (χ4n) is 5.85. The van der Waals surface area contributed by atoms with Gasteiger partial charge in [-0.3, -0.25) is 0 Å². The first-order valence-electron chi connectivity index (χ1n) is 11.3. The van der Waals surface area contributed by atoms with Gasteiger partial charge in [0, 0.05) is 21.9 Å². The van der Waals surface area contributed by atoms with Gasteiger partial charge < -0.3 is 4.57 Å². The van der Waals surface area contributed by atoms with Crippen LogP contribution in [-0.4, -0.2) is 4.57 Å². The van der Waals surface area contributed by atoms with E-state index in [2.05, 4.69) is 122 Å². The largest absolute Gasteiger partial charge is 0.309 e. The standard InChI is InChI=1S/C31H23N/c1-31(2)26-12-6-3-11-24(26)30-25-19-21(17-15-20(25)16-18-27(30)31)32-28-13-7-4-9-22(28)23-10-5-8-14-29(23)32/h3-19H,1-2H3. The van der Waals surface area contributed by atoms with Crippen molar-refractivity contribution in [1.29, 1.82) is 0 Å². The van der Waals surface area contributed by atoms with Crippen LogP contribution >= 0.6 is 0 Å². The second kappa shape index (κ2) is 6.11. The second-order valence-electron chi connectivity index (χ2n) is 9.43. The van der Waals surface area contributed by atoms with Crippen molar-refractivity contribution in [2.24, 2.45) is 0 Å². The highest BCUT2D eigenvalue weighted by molar-refractivity contribution is 6.10. The van der Waals surface area contributed by atoms with E-state index in [0.717, 1.165) is 0 Å². The van der Waals surface area contributed by atoms with Gasteiger partial charge in [0.1, 0.15) is 0 Å². The molecule has 7 rings (SSSR count). The van der Waals surface area contributed by atoms with Gasteiger partial charge in [0.2, 0.25) is 0 Å². The van der Waals surface area contributed by atoms with E-state index in [-0.39, 0.29) is 5.41 Å². The predicted molar refractivity (Wildman–Crippen MR) is 136 cm³/mol. The van der Waals surface area contributed by atoms with Crippen LogP contribution in [0.4, 0.5) is 0 Å². The van der Waals surface area contributed by atoms with Gasteiger partial charge in [-0.15, -0.1) is 0 Å². The van der Waals surface area contributed by atoms with Crippen molar-refractivity contribution in [3.8, 4) is 16.8 Å². The smallest absolute Gasteiger partial charge is 0.0541 e. The summed E-state index contributed by atoms with van der Waals surface area (Å²) in [5, 5.41) is 5.22. The molecule has 0 N–H and O–H groups in total. The minimum absolute atomic E-state index is 0.0168. The Balaban J connectivity index is 1.60. The molecule has 152 valence electrons. The summed E-state index contributed by atoms with van der Waals surface area (Å²) in [5.41, 5.74) is 9.34. The van der Waals surface area contributed by atoms with Gasteiger partial charge in [0.25, 0.3) is 0 Å². The number of benzene rings is 5. The van der Waals surface area contributed by atoms with Crippen LogP contribution < -0.4 is 0 Å². The molecule has 1 heterocycles. The van der Waals surface area contributed by atoms with Gasteiger partial charge in [0.05, 0.1) is 11.0 Å². The summed E-state index contributed by atoms with van der Waals surface area (Å²) in [6, 6.07) is 37.9. The van der Waals surface area contributed by atoms with E-state index in [9.17, 15) is 0 Å². The van der Waals surface area contributed by atoms with Gasteiger partial charge in [-0.1, -0.05) is 92.7 Å². The molecule has 0 atom stereocenters. The Morgan fingerprint density at radius 2 is 1.19 bits per heavy atom. The lowest BCUT2D eigenvalue weighted by Crippen LogP contribution is -2.14. The molecule has 1 aliphatic carbocycles. The van der Waals surface area contributed by atoms with Crippen molar-refractivity contribution >= 4 is 32.6 Å². The van der Waals surface area contributed by atoms with Crippen molar-refractivity contribution in [3.63, 3.8) is 0 Å². The third-order valence-electron chi connectivity index (χ3n) is 7.39. The maximum atomic E-state index is 2.41. The molecule has 0 fully saturated rings. The Bertz CT molecular complexity index is 1640. The van der Waals surface area contributed by atoms with E-state index in [0.29, 0.717) is 0 Å². The quantitative estimate of drug-likeness (QED) is 0.258. The molecule has 1 aromatic heterocycles. The molecule has 1 heteroatoms.